The fourth-order valence-corrected chi connectivity index (χ4v) is 1.90. The van der Waals surface area contributed by atoms with E-state index in [1.54, 1.807) is 11.0 Å². The number of carbonyl (C=O) groups excluding carboxylic acids is 1. The number of urea groups is 1. The molecule has 116 valence electrons. The summed E-state index contributed by atoms with van der Waals surface area (Å²) in [5, 5.41) is 8.46. The topological polar surface area (TPSA) is 86.9 Å². The summed E-state index contributed by atoms with van der Waals surface area (Å²) >= 11 is 0. The molecule has 0 bridgehead atoms. The zero-order valence-electron chi connectivity index (χ0n) is 12.5. The molecule has 6 nitrogen and oxygen atoms in total. The number of nitrogens with two attached hydrogens (primary N) is 1. The lowest BCUT2D eigenvalue weighted by molar-refractivity contribution is -0.137. The van der Waals surface area contributed by atoms with Gasteiger partial charge in [0.2, 0.25) is 0 Å². The van der Waals surface area contributed by atoms with Crippen LogP contribution in [0.25, 0.3) is 0 Å². The van der Waals surface area contributed by atoms with Crippen LogP contribution < -0.4 is 5.73 Å². The minimum absolute atomic E-state index is 0.200. The number of nitrogens with zero attached hydrogens (tertiary/aromatic N) is 2. The lowest BCUT2D eigenvalue weighted by atomic mass is 10.3. The second-order valence-corrected chi connectivity index (χ2v) is 5.05. The summed E-state index contributed by atoms with van der Waals surface area (Å²) in [4.78, 5) is 24.4. The molecule has 0 saturated carbocycles. The maximum atomic E-state index is 10.3. The van der Waals surface area contributed by atoms with Crippen LogP contribution in [0.3, 0.4) is 0 Å². The van der Waals surface area contributed by atoms with E-state index >= 15 is 0 Å². The van der Waals surface area contributed by atoms with Crippen LogP contribution in [0, 0.1) is 0 Å². The number of carboxylic acid groups (broad SMARTS) is 1. The van der Waals surface area contributed by atoms with Gasteiger partial charge in [-0.25, -0.2) is 4.79 Å². The third-order valence-corrected chi connectivity index (χ3v) is 3.12. The van der Waals surface area contributed by atoms with Gasteiger partial charge in [-0.3, -0.25) is 9.69 Å². The highest BCUT2D eigenvalue weighted by atomic mass is 16.4. The molecule has 1 rings (SSSR count). The van der Waals surface area contributed by atoms with E-state index in [-0.39, 0.29) is 12.5 Å². The molecule has 0 unspecified atom stereocenters. The molecule has 0 aliphatic carbocycles. The predicted molar refractivity (Wildman–Crippen MR) is 79.5 cm³/mol. The number of likely N-dealkylation sites (tertiary alicyclic amines) is 1. The Bertz CT molecular complexity index is 313. The largest absolute Gasteiger partial charge is 0.481 e. The minimum atomic E-state index is -0.746. The first-order valence-corrected chi connectivity index (χ1v) is 6.99. The normalized spacial score (nSPS) is 14.1. The van der Waals surface area contributed by atoms with Crippen molar-refractivity contribution in [3.05, 3.63) is 12.7 Å². The first kappa shape index (κ1) is 18.4. The van der Waals surface area contributed by atoms with Crippen molar-refractivity contribution in [2.45, 2.75) is 39.2 Å². The second kappa shape index (κ2) is 10.3. The Kier molecular flexibility index (Phi) is 9.45. The molecule has 1 aliphatic rings. The van der Waals surface area contributed by atoms with E-state index in [0.29, 0.717) is 12.6 Å². The van der Waals surface area contributed by atoms with Crippen LogP contribution in [-0.4, -0.2) is 59.1 Å². The Morgan fingerprint density at radius 1 is 1.40 bits per heavy atom. The van der Waals surface area contributed by atoms with Gasteiger partial charge >= 0.3 is 12.0 Å². The molecule has 1 heterocycles. The summed E-state index contributed by atoms with van der Waals surface area (Å²) in [6, 6.07) is 0.102. The van der Waals surface area contributed by atoms with Gasteiger partial charge < -0.3 is 15.7 Å². The van der Waals surface area contributed by atoms with E-state index in [1.807, 2.05) is 13.8 Å². The number of hydrogen-bond acceptors (Lipinski definition) is 3. The maximum absolute atomic E-state index is 10.3. The lowest BCUT2D eigenvalue weighted by Crippen LogP contribution is -2.32. The summed E-state index contributed by atoms with van der Waals surface area (Å²) in [5.74, 6) is -0.746. The van der Waals surface area contributed by atoms with Gasteiger partial charge in [0.15, 0.2) is 0 Å². The average Bonchev–Trinajstić information content (AvgIpc) is 2.88. The quantitative estimate of drug-likeness (QED) is 0.724. The number of rotatable bonds is 6. The molecule has 1 aliphatic heterocycles. The van der Waals surface area contributed by atoms with Gasteiger partial charge in [0.1, 0.15) is 0 Å². The van der Waals surface area contributed by atoms with Crippen molar-refractivity contribution < 1.29 is 14.7 Å². The molecule has 0 radical (unpaired) electrons. The van der Waals surface area contributed by atoms with Crippen LogP contribution in [0.15, 0.2) is 12.7 Å². The average molecular weight is 285 g/mol. The van der Waals surface area contributed by atoms with Gasteiger partial charge in [-0.05, 0) is 26.7 Å². The lowest BCUT2D eigenvalue weighted by Gasteiger charge is -2.23. The first-order valence-electron chi connectivity index (χ1n) is 6.99. The third kappa shape index (κ3) is 8.53. The number of carboxylic acids is 1. The number of carbonyl (C=O) groups is 2. The number of aliphatic carboxylic acids is 1. The summed E-state index contributed by atoms with van der Waals surface area (Å²) in [5.41, 5.74) is 4.98. The molecule has 0 aromatic rings. The molecule has 0 atom stereocenters. The second-order valence-electron chi connectivity index (χ2n) is 5.05. The van der Waals surface area contributed by atoms with Crippen molar-refractivity contribution in [1.82, 2.24) is 9.80 Å². The van der Waals surface area contributed by atoms with E-state index < -0.39 is 5.97 Å². The van der Waals surface area contributed by atoms with Gasteiger partial charge in [0.25, 0.3) is 0 Å². The van der Waals surface area contributed by atoms with Gasteiger partial charge in [0, 0.05) is 32.2 Å². The molecule has 0 aromatic carbocycles. The number of hydrogen-bond donors (Lipinski definition) is 2. The summed E-state index contributed by atoms with van der Waals surface area (Å²) in [6.45, 7) is 10.8. The molecule has 1 saturated heterocycles. The fourth-order valence-electron chi connectivity index (χ4n) is 1.90. The Balaban J connectivity index is 0.000000388. The molecule has 6 heteroatoms. The van der Waals surface area contributed by atoms with Crippen LogP contribution in [-0.2, 0) is 4.79 Å². The zero-order chi connectivity index (χ0) is 15.5. The minimum Gasteiger partial charge on any atom is -0.481 e. The van der Waals surface area contributed by atoms with Crippen LogP contribution in [0.5, 0.6) is 0 Å². The Hall–Kier alpha value is -1.56. The van der Waals surface area contributed by atoms with Crippen molar-refractivity contribution >= 4 is 12.0 Å². The van der Waals surface area contributed by atoms with E-state index in [2.05, 4.69) is 11.5 Å². The van der Waals surface area contributed by atoms with Crippen molar-refractivity contribution in [2.75, 3.05) is 26.2 Å². The van der Waals surface area contributed by atoms with Gasteiger partial charge in [-0.1, -0.05) is 6.08 Å². The first-order chi connectivity index (χ1) is 9.38. The monoisotopic (exact) mass is 285 g/mol. The smallest absolute Gasteiger partial charge is 0.314 e. The summed E-state index contributed by atoms with van der Waals surface area (Å²) < 4.78 is 0. The fraction of sp³-hybridized carbons (Fsp3) is 0.714. The Morgan fingerprint density at radius 2 is 1.95 bits per heavy atom. The molecule has 2 amide bonds. The van der Waals surface area contributed by atoms with Gasteiger partial charge in [-0.15, -0.1) is 6.58 Å². The van der Waals surface area contributed by atoms with E-state index in [9.17, 15) is 9.59 Å². The molecular weight excluding hydrogens is 258 g/mol. The van der Waals surface area contributed by atoms with Crippen LogP contribution in [0.2, 0.25) is 0 Å². The maximum Gasteiger partial charge on any atom is 0.314 e. The molecule has 20 heavy (non-hydrogen) atoms. The summed E-state index contributed by atoms with van der Waals surface area (Å²) in [6.07, 6.45) is 4.22. The van der Waals surface area contributed by atoms with Gasteiger partial charge in [0.05, 0.1) is 6.42 Å². The van der Waals surface area contributed by atoms with Gasteiger partial charge in [-0.2, -0.15) is 0 Å². The van der Waals surface area contributed by atoms with Crippen molar-refractivity contribution in [3.63, 3.8) is 0 Å². The van der Waals surface area contributed by atoms with E-state index in [1.165, 1.54) is 0 Å². The number of primary amides is 1. The molecular formula is C14H27N3O3. The van der Waals surface area contributed by atoms with Crippen LogP contribution in [0.1, 0.15) is 33.1 Å². The molecule has 1 fully saturated rings. The van der Waals surface area contributed by atoms with Crippen molar-refractivity contribution in [1.29, 1.82) is 0 Å². The summed E-state index contributed by atoms with van der Waals surface area (Å²) in [7, 11) is 0. The zero-order valence-corrected chi connectivity index (χ0v) is 12.5. The van der Waals surface area contributed by atoms with Crippen LogP contribution >= 0.6 is 0 Å². The van der Waals surface area contributed by atoms with Crippen molar-refractivity contribution in [2.24, 2.45) is 5.73 Å². The Morgan fingerprint density at radius 3 is 2.25 bits per heavy atom. The molecule has 0 aromatic heterocycles. The van der Waals surface area contributed by atoms with E-state index in [0.717, 1.165) is 32.5 Å². The number of amides is 2. The SMILES string of the molecule is C=CCN(CCC(=O)O)C(C)C.NC(=O)N1CCCC1. The molecule has 0 spiro atoms. The third-order valence-electron chi connectivity index (χ3n) is 3.12. The molecule has 3 N–H and O–H groups in total. The Labute approximate surface area is 121 Å². The van der Waals surface area contributed by atoms with Crippen molar-refractivity contribution in [3.8, 4) is 0 Å². The standard InChI is InChI=1S/C9H17NO2.C5H10N2O/c1-4-6-10(8(2)3)7-5-9(11)12;6-5(8)7-3-1-2-4-7/h4,8H,1,5-7H2,2-3H3,(H,11,12);1-4H2,(H2,6,8). The predicted octanol–water partition coefficient (Wildman–Crippen LogP) is 1.52. The van der Waals surface area contributed by atoms with E-state index in [4.69, 9.17) is 10.8 Å². The highest BCUT2D eigenvalue weighted by Crippen LogP contribution is 2.05. The highest BCUT2D eigenvalue weighted by molar-refractivity contribution is 5.72. The highest BCUT2D eigenvalue weighted by Gasteiger charge is 2.13. The van der Waals surface area contributed by atoms with Crippen LogP contribution in [0.4, 0.5) is 4.79 Å².